The van der Waals surface area contributed by atoms with Crippen molar-refractivity contribution in [1.29, 1.82) is 0 Å². The van der Waals surface area contributed by atoms with E-state index in [1.807, 2.05) is 19.3 Å². The molecule has 0 aliphatic rings. The molecule has 0 amide bonds. The number of hydrogen-bond donors (Lipinski definition) is 2. The van der Waals surface area contributed by atoms with E-state index in [1.54, 1.807) is 10.7 Å². The van der Waals surface area contributed by atoms with Crippen LogP contribution in [0.4, 0.5) is 11.6 Å². The first-order valence-electron chi connectivity index (χ1n) is 6.92. The van der Waals surface area contributed by atoms with Gasteiger partial charge in [-0.25, -0.2) is 4.98 Å². The average Bonchev–Trinajstić information content (AvgIpc) is 2.85. The Hall–Kier alpha value is -1.46. The summed E-state index contributed by atoms with van der Waals surface area (Å²) in [6.45, 7) is 3.61. The van der Waals surface area contributed by atoms with Gasteiger partial charge in [-0.15, -0.1) is 0 Å². The van der Waals surface area contributed by atoms with Gasteiger partial charge < -0.3 is 10.6 Å². The van der Waals surface area contributed by atoms with E-state index in [4.69, 9.17) is 23.2 Å². The number of nitrogens with zero attached hydrogens (tertiary/aromatic N) is 3. The molecule has 0 spiro atoms. The lowest BCUT2D eigenvalue weighted by Gasteiger charge is -2.11. The molecule has 0 fully saturated rings. The van der Waals surface area contributed by atoms with Gasteiger partial charge in [-0.1, -0.05) is 30.1 Å². The summed E-state index contributed by atoms with van der Waals surface area (Å²) in [5.74, 6) is 1.29. The van der Waals surface area contributed by atoms with Crippen LogP contribution in [-0.4, -0.2) is 27.9 Å². The molecular formula is C14H19Cl2N5. The summed E-state index contributed by atoms with van der Waals surface area (Å²) in [5.41, 5.74) is 1.03. The van der Waals surface area contributed by atoms with Gasteiger partial charge in [0.1, 0.15) is 11.6 Å². The molecule has 0 atom stereocenters. The summed E-state index contributed by atoms with van der Waals surface area (Å²) >= 11 is 12.3. The van der Waals surface area contributed by atoms with E-state index in [9.17, 15) is 0 Å². The lowest BCUT2D eigenvalue weighted by atomic mass is 10.3. The summed E-state index contributed by atoms with van der Waals surface area (Å²) in [7, 11) is 1.90. The second kappa shape index (κ2) is 7.52. The normalized spacial score (nSPS) is 10.7. The molecule has 2 N–H and O–H groups in total. The number of halogens is 2. The minimum Gasteiger partial charge on any atom is -0.369 e. The van der Waals surface area contributed by atoms with Crippen LogP contribution in [0.25, 0.3) is 0 Å². The van der Waals surface area contributed by atoms with Crippen molar-refractivity contribution in [2.24, 2.45) is 7.05 Å². The minimum atomic E-state index is 0.517. The summed E-state index contributed by atoms with van der Waals surface area (Å²) in [5, 5.41) is 11.8. The lowest BCUT2D eigenvalue weighted by Crippen LogP contribution is -2.10. The number of hydrogen-bond acceptors (Lipinski definition) is 4. The predicted molar refractivity (Wildman–Crippen MR) is 88.4 cm³/mol. The van der Waals surface area contributed by atoms with Crippen LogP contribution < -0.4 is 10.6 Å². The highest BCUT2D eigenvalue weighted by Crippen LogP contribution is 2.29. The van der Waals surface area contributed by atoms with Gasteiger partial charge in [-0.3, -0.25) is 4.68 Å². The van der Waals surface area contributed by atoms with Gasteiger partial charge >= 0.3 is 0 Å². The van der Waals surface area contributed by atoms with Gasteiger partial charge in [-0.05, 0) is 18.6 Å². The molecule has 0 unspecified atom stereocenters. The van der Waals surface area contributed by atoms with Crippen LogP contribution >= 0.6 is 23.2 Å². The van der Waals surface area contributed by atoms with E-state index in [-0.39, 0.29) is 0 Å². The maximum atomic E-state index is 6.16. The van der Waals surface area contributed by atoms with E-state index in [1.165, 1.54) is 0 Å². The first-order valence-corrected chi connectivity index (χ1v) is 7.68. The summed E-state index contributed by atoms with van der Waals surface area (Å²) in [6, 6.07) is 3.70. The molecule has 2 heterocycles. The standard InChI is InChI=1S/C14H19Cl2N5/c1-3-6-17-13-11(15)9-12(16)14(19-13)18-7-4-10-5-8-21(2)20-10/h5,8-9H,3-4,6-7H2,1-2H3,(H2,17,18,19). The molecule has 2 aromatic heterocycles. The lowest BCUT2D eigenvalue weighted by molar-refractivity contribution is 0.742. The Bertz CT molecular complexity index is 597. The Labute approximate surface area is 134 Å². The molecule has 7 heteroatoms. The van der Waals surface area contributed by atoms with Crippen molar-refractivity contribution in [2.45, 2.75) is 19.8 Å². The second-order valence-electron chi connectivity index (χ2n) is 4.73. The molecule has 0 bridgehead atoms. The number of rotatable bonds is 7. The van der Waals surface area contributed by atoms with E-state index < -0.39 is 0 Å². The zero-order valence-electron chi connectivity index (χ0n) is 12.2. The first-order chi connectivity index (χ1) is 10.1. The van der Waals surface area contributed by atoms with Crippen LogP contribution in [-0.2, 0) is 13.5 Å². The maximum absolute atomic E-state index is 6.16. The van der Waals surface area contributed by atoms with Crippen molar-refractivity contribution >= 4 is 34.8 Å². The molecule has 0 aromatic carbocycles. The van der Waals surface area contributed by atoms with Crippen molar-refractivity contribution in [1.82, 2.24) is 14.8 Å². The predicted octanol–water partition coefficient (Wildman–Crippen LogP) is 3.60. The third-order valence-electron chi connectivity index (χ3n) is 2.91. The highest BCUT2D eigenvalue weighted by molar-refractivity contribution is 6.37. The zero-order valence-corrected chi connectivity index (χ0v) is 13.7. The molecule has 2 rings (SSSR count). The minimum absolute atomic E-state index is 0.517. The SMILES string of the molecule is CCCNc1nc(NCCc2ccn(C)n2)c(Cl)cc1Cl. The zero-order chi connectivity index (χ0) is 15.2. The highest BCUT2D eigenvalue weighted by Gasteiger charge is 2.09. The molecule has 0 aliphatic heterocycles. The second-order valence-corrected chi connectivity index (χ2v) is 5.55. The van der Waals surface area contributed by atoms with Crippen LogP contribution in [0.15, 0.2) is 18.3 Å². The fourth-order valence-corrected chi connectivity index (χ4v) is 2.36. The summed E-state index contributed by atoms with van der Waals surface area (Å²) in [4.78, 5) is 4.43. The summed E-state index contributed by atoms with van der Waals surface area (Å²) < 4.78 is 1.79. The smallest absolute Gasteiger partial charge is 0.147 e. The third-order valence-corrected chi connectivity index (χ3v) is 3.49. The fourth-order valence-electron chi connectivity index (χ4n) is 1.86. The highest BCUT2D eigenvalue weighted by atomic mass is 35.5. The van der Waals surface area contributed by atoms with Gasteiger partial charge in [0, 0.05) is 32.8 Å². The van der Waals surface area contributed by atoms with Crippen LogP contribution in [0.5, 0.6) is 0 Å². The monoisotopic (exact) mass is 327 g/mol. The number of anilines is 2. The van der Waals surface area contributed by atoms with Crippen LogP contribution in [0.2, 0.25) is 10.0 Å². The number of aromatic nitrogens is 3. The molecule has 21 heavy (non-hydrogen) atoms. The Balaban J connectivity index is 1.98. The van der Waals surface area contributed by atoms with Crippen molar-refractivity contribution < 1.29 is 0 Å². The molecule has 0 radical (unpaired) electrons. The van der Waals surface area contributed by atoms with E-state index in [0.29, 0.717) is 28.2 Å². The summed E-state index contributed by atoms with van der Waals surface area (Å²) in [6.07, 6.45) is 3.73. The van der Waals surface area contributed by atoms with Gasteiger partial charge in [-0.2, -0.15) is 5.10 Å². The van der Waals surface area contributed by atoms with Gasteiger partial charge in [0.05, 0.1) is 15.7 Å². The molecule has 114 valence electrons. The molecule has 0 saturated heterocycles. The van der Waals surface area contributed by atoms with Crippen LogP contribution in [0.3, 0.4) is 0 Å². The Kier molecular flexibility index (Phi) is 5.70. The number of aryl methyl sites for hydroxylation is 1. The van der Waals surface area contributed by atoms with Gasteiger partial charge in [0.15, 0.2) is 0 Å². The van der Waals surface area contributed by atoms with Crippen molar-refractivity contribution in [3.8, 4) is 0 Å². The van der Waals surface area contributed by atoms with Crippen molar-refractivity contribution in [3.05, 3.63) is 34.1 Å². The first kappa shape index (κ1) is 15.9. The topological polar surface area (TPSA) is 54.8 Å². The third kappa shape index (κ3) is 4.51. The van der Waals surface area contributed by atoms with Crippen LogP contribution in [0, 0.1) is 0 Å². The Morgan fingerprint density at radius 1 is 1.14 bits per heavy atom. The number of nitrogens with one attached hydrogen (secondary N) is 2. The quantitative estimate of drug-likeness (QED) is 0.815. The van der Waals surface area contributed by atoms with Gasteiger partial charge in [0.2, 0.25) is 0 Å². The molecular weight excluding hydrogens is 309 g/mol. The van der Waals surface area contributed by atoms with Crippen molar-refractivity contribution in [3.63, 3.8) is 0 Å². The molecule has 0 saturated carbocycles. The fraction of sp³-hybridized carbons (Fsp3) is 0.429. The average molecular weight is 328 g/mol. The molecule has 2 aromatic rings. The van der Waals surface area contributed by atoms with E-state index >= 15 is 0 Å². The van der Waals surface area contributed by atoms with Crippen molar-refractivity contribution in [2.75, 3.05) is 23.7 Å². The maximum Gasteiger partial charge on any atom is 0.147 e. The van der Waals surface area contributed by atoms with Gasteiger partial charge in [0.25, 0.3) is 0 Å². The van der Waals surface area contributed by atoms with E-state index in [0.717, 1.165) is 25.1 Å². The molecule has 0 aliphatic carbocycles. The molecule has 5 nitrogen and oxygen atoms in total. The largest absolute Gasteiger partial charge is 0.369 e. The Morgan fingerprint density at radius 3 is 2.38 bits per heavy atom. The Morgan fingerprint density at radius 2 is 1.81 bits per heavy atom. The van der Waals surface area contributed by atoms with Crippen LogP contribution in [0.1, 0.15) is 19.0 Å². The number of pyridine rings is 1. The van der Waals surface area contributed by atoms with E-state index in [2.05, 4.69) is 27.6 Å².